The summed E-state index contributed by atoms with van der Waals surface area (Å²) in [5.74, 6) is 0.230. The molecule has 0 amide bonds. The number of methoxy groups -OCH3 is 1. The lowest BCUT2D eigenvalue weighted by molar-refractivity contribution is -0.142. The van der Waals surface area contributed by atoms with Crippen LogP contribution in [0, 0.1) is 0 Å². The van der Waals surface area contributed by atoms with Crippen molar-refractivity contribution in [1.29, 1.82) is 0 Å². The predicted octanol–water partition coefficient (Wildman–Crippen LogP) is 0.798. The lowest BCUT2D eigenvalue weighted by Crippen LogP contribution is -2.34. The van der Waals surface area contributed by atoms with Crippen LogP contribution in [0.25, 0.3) is 5.52 Å². The average molecular weight is 278 g/mol. The van der Waals surface area contributed by atoms with Crippen LogP contribution < -0.4 is 5.32 Å². The summed E-state index contributed by atoms with van der Waals surface area (Å²) in [6, 6.07) is 1.06. The number of hydrogen-bond acceptors (Lipinski definition) is 6. The van der Waals surface area contributed by atoms with Gasteiger partial charge in [0.25, 0.3) is 0 Å². The zero-order chi connectivity index (χ0) is 14.7. The fourth-order valence-corrected chi connectivity index (χ4v) is 1.82. The molecule has 7 nitrogen and oxygen atoms in total. The highest BCUT2D eigenvalue weighted by molar-refractivity contribution is 5.81. The smallest absolute Gasteiger partial charge is 0.330 e. The molecule has 0 saturated carbocycles. The molecule has 0 radical (unpaired) electrons. The van der Waals surface area contributed by atoms with Gasteiger partial charge in [-0.1, -0.05) is 13.8 Å². The van der Waals surface area contributed by atoms with Crippen LogP contribution in [0.4, 0.5) is 5.82 Å². The molecule has 108 valence electrons. The van der Waals surface area contributed by atoms with Crippen molar-refractivity contribution in [1.82, 2.24) is 14.6 Å². The van der Waals surface area contributed by atoms with Gasteiger partial charge in [-0.2, -0.15) is 5.10 Å². The van der Waals surface area contributed by atoms with Crippen LogP contribution in [-0.2, 0) is 9.53 Å². The minimum absolute atomic E-state index is 0.289. The van der Waals surface area contributed by atoms with Crippen LogP contribution in [0.5, 0.6) is 0 Å². The normalized spacial score (nSPS) is 12.7. The molecule has 1 unspecified atom stereocenters. The van der Waals surface area contributed by atoms with E-state index >= 15 is 0 Å². The van der Waals surface area contributed by atoms with Gasteiger partial charge in [0.15, 0.2) is 5.82 Å². The molecular weight excluding hydrogens is 260 g/mol. The number of fused-ring (bicyclic) bond motifs is 1. The van der Waals surface area contributed by atoms with E-state index in [2.05, 4.69) is 20.1 Å². The fraction of sp³-hybridized carbons (Fsp3) is 0.462. The van der Waals surface area contributed by atoms with E-state index < -0.39 is 12.0 Å². The van der Waals surface area contributed by atoms with Crippen molar-refractivity contribution < 1.29 is 14.6 Å². The zero-order valence-electron chi connectivity index (χ0n) is 11.7. The molecule has 0 spiro atoms. The molecule has 0 aliphatic rings. The highest BCUT2D eigenvalue weighted by Gasteiger charge is 2.20. The number of aromatic nitrogens is 3. The third-order valence-electron chi connectivity index (χ3n) is 2.98. The van der Waals surface area contributed by atoms with Crippen molar-refractivity contribution >= 4 is 17.3 Å². The summed E-state index contributed by atoms with van der Waals surface area (Å²) in [5, 5.41) is 16.5. The topological polar surface area (TPSA) is 88.8 Å². The molecule has 2 aromatic heterocycles. The largest absolute Gasteiger partial charge is 0.467 e. The molecule has 2 heterocycles. The Morgan fingerprint density at radius 3 is 2.90 bits per heavy atom. The Hall–Kier alpha value is -2.15. The van der Waals surface area contributed by atoms with E-state index in [-0.39, 0.29) is 12.5 Å². The number of rotatable bonds is 5. The highest BCUT2D eigenvalue weighted by Crippen LogP contribution is 2.20. The van der Waals surface area contributed by atoms with Gasteiger partial charge >= 0.3 is 5.97 Å². The Morgan fingerprint density at radius 2 is 2.30 bits per heavy atom. The molecular formula is C13H18N4O3. The molecule has 2 aromatic rings. The molecule has 0 aromatic carbocycles. The Morgan fingerprint density at radius 1 is 1.55 bits per heavy atom. The summed E-state index contributed by atoms with van der Waals surface area (Å²) in [4.78, 5) is 15.7. The number of nitrogens with one attached hydrogen (secondary N) is 1. The lowest BCUT2D eigenvalue weighted by Gasteiger charge is -2.14. The number of nitrogens with zero attached hydrogens (tertiary/aromatic N) is 3. The van der Waals surface area contributed by atoms with E-state index in [9.17, 15) is 9.90 Å². The van der Waals surface area contributed by atoms with Gasteiger partial charge in [-0.05, 0) is 12.0 Å². The zero-order valence-corrected chi connectivity index (χ0v) is 11.7. The summed E-state index contributed by atoms with van der Waals surface area (Å²) < 4.78 is 6.31. The Bertz CT molecular complexity index is 609. The summed E-state index contributed by atoms with van der Waals surface area (Å²) in [6.07, 6.45) is 3.32. The van der Waals surface area contributed by atoms with E-state index in [1.54, 1.807) is 16.9 Å². The molecule has 2 N–H and O–H groups in total. The highest BCUT2D eigenvalue weighted by atomic mass is 16.5. The van der Waals surface area contributed by atoms with Crippen molar-refractivity contribution in [2.75, 3.05) is 19.0 Å². The summed E-state index contributed by atoms with van der Waals surface area (Å²) in [5.41, 5.74) is 1.68. The first-order valence-electron chi connectivity index (χ1n) is 6.36. The monoisotopic (exact) mass is 278 g/mol. The molecule has 7 heteroatoms. The van der Waals surface area contributed by atoms with Gasteiger partial charge in [0.1, 0.15) is 11.6 Å². The molecule has 0 aliphatic heterocycles. The lowest BCUT2D eigenvalue weighted by atomic mass is 10.1. The number of carbonyl (C=O) groups excluding carboxylic acids is 1. The summed E-state index contributed by atoms with van der Waals surface area (Å²) in [6.45, 7) is 3.72. The molecule has 0 fully saturated rings. The van der Waals surface area contributed by atoms with Crippen LogP contribution in [0.2, 0.25) is 0 Å². The van der Waals surface area contributed by atoms with Crippen molar-refractivity contribution in [2.45, 2.75) is 25.8 Å². The third kappa shape index (κ3) is 2.72. The number of aliphatic hydroxyl groups excluding tert-OH is 1. The number of anilines is 1. The standard InChI is InChI=1S/C13H18N4O3/c1-8(2)9-6-11-12(14-4-5-17(11)16-9)15-10(7-18)13(19)20-3/h4-6,8,10,18H,7H2,1-3H3,(H,14,15). The third-order valence-corrected chi connectivity index (χ3v) is 2.98. The molecule has 20 heavy (non-hydrogen) atoms. The van der Waals surface area contributed by atoms with Gasteiger partial charge in [-0.25, -0.2) is 14.3 Å². The number of esters is 1. The Balaban J connectivity index is 2.36. The fourth-order valence-electron chi connectivity index (χ4n) is 1.82. The number of aliphatic hydroxyl groups is 1. The van der Waals surface area contributed by atoms with Crippen LogP contribution in [0.15, 0.2) is 18.5 Å². The number of carbonyl (C=O) groups is 1. The van der Waals surface area contributed by atoms with Crippen LogP contribution in [0.3, 0.4) is 0 Å². The van der Waals surface area contributed by atoms with Crippen LogP contribution in [-0.4, -0.2) is 45.4 Å². The van der Waals surface area contributed by atoms with E-state index in [4.69, 9.17) is 0 Å². The van der Waals surface area contributed by atoms with Crippen LogP contribution >= 0.6 is 0 Å². The van der Waals surface area contributed by atoms with E-state index in [0.29, 0.717) is 5.82 Å². The first kappa shape index (κ1) is 14.3. The molecule has 1 atom stereocenters. The van der Waals surface area contributed by atoms with Gasteiger partial charge in [-0.3, -0.25) is 0 Å². The van der Waals surface area contributed by atoms with Crippen LogP contribution in [0.1, 0.15) is 25.5 Å². The first-order chi connectivity index (χ1) is 9.56. The summed E-state index contributed by atoms with van der Waals surface area (Å²) >= 11 is 0. The van der Waals surface area contributed by atoms with Gasteiger partial charge in [0.05, 0.1) is 19.4 Å². The Labute approximate surface area is 116 Å². The second-order valence-electron chi connectivity index (χ2n) is 4.73. The van der Waals surface area contributed by atoms with E-state index in [0.717, 1.165) is 11.2 Å². The van der Waals surface area contributed by atoms with Gasteiger partial charge in [0.2, 0.25) is 0 Å². The van der Waals surface area contributed by atoms with Crippen molar-refractivity contribution in [3.63, 3.8) is 0 Å². The first-order valence-corrected chi connectivity index (χ1v) is 6.36. The number of ether oxygens (including phenoxy) is 1. The van der Waals surface area contributed by atoms with Crippen molar-refractivity contribution in [3.05, 3.63) is 24.2 Å². The van der Waals surface area contributed by atoms with Crippen molar-refractivity contribution in [3.8, 4) is 0 Å². The minimum Gasteiger partial charge on any atom is -0.467 e. The average Bonchev–Trinajstić information content (AvgIpc) is 2.88. The maximum Gasteiger partial charge on any atom is 0.330 e. The summed E-state index contributed by atoms with van der Waals surface area (Å²) in [7, 11) is 1.27. The molecule has 0 aliphatic carbocycles. The minimum atomic E-state index is -0.851. The molecule has 2 rings (SSSR count). The number of hydrogen-bond donors (Lipinski definition) is 2. The van der Waals surface area contributed by atoms with Gasteiger partial charge < -0.3 is 15.2 Å². The Kier molecular flexibility index (Phi) is 4.19. The SMILES string of the molecule is COC(=O)C(CO)Nc1nccn2nc(C(C)C)cc12. The molecule has 0 bridgehead atoms. The van der Waals surface area contributed by atoms with E-state index in [1.165, 1.54) is 7.11 Å². The maximum absolute atomic E-state index is 11.5. The maximum atomic E-state index is 11.5. The van der Waals surface area contributed by atoms with E-state index in [1.807, 2.05) is 19.9 Å². The second kappa shape index (κ2) is 5.87. The molecule has 0 saturated heterocycles. The van der Waals surface area contributed by atoms with Gasteiger partial charge in [0, 0.05) is 12.4 Å². The second-order valence-corrected chi connectivity index (χ2v) is 4.73. The van der Waals surface area contributed by atoms with Gasteiger partial charge in [-0.15, -0.1) is 0 Å². The van der Waals surface area contributed by atoms with Crippen molar-refractivity contribution in [2.24, 2.45) is 0 Å². The predicted molar refractivity (Wildman–Crippen MR) is 73.6 cm³/mol. The quantitative estimate of drug-likeness (QED) is 0.786.